The molecule has 1 aliphatic heterocycles. The van der Waals surface area contributed by atoms with Gasteiger partial charge in [-0.15, -0.1) is 0 Å². The summed E-state index contributed by atoms with van der Waals surface area (Å²) in [6, 6.07) is 14.3. The number of hydrogen-bond acceptors (Lipinski definition) is 3. The van der Waals surface area contributed by atoms with Crippen LogP contribution in [0.4, 0.5) is 0 Å². The Morgan fingerprint density at radius 3 is 2.44 bits per heavy atom. The Morgan fingerprint density at radius 1 is 1.09 bits per heavy atom. The van der Waals surface area contributed by atoms with Crippen LogP contribution in [0.1, 0.15) is 60.2 Å². The molecule has 1 aliphatic rings. The van der Waals surface area contributed by atoms with Crippen molar-refractivity contribution in [2.75, 3.05) is 27.2 Å². The second-order valence-electron chi connectivity index (χ2n) is 10.2. The zero-order valence-electron chi connectivity index (χ0n) is 21.6. The van der Waals surface area contributed by atoms with Crippen LogP contribution in [0.15, 0.2) is 42.5 Å². The first-order chi connectivity index (χ1) is 16.2. The van der Waals surface area contributed by atoms with Gasteiger partial charge in [-0.25, -0.2) is 0 Å². The van der Waals surface area contributed by atoms with Crippen molar-refractivity contribution in [2.45, 2.75) is 59.4 Å². The van der Waals surface area contributed by atoms with Crippen molar-refractivity contribution < 1.29 is 14.3 Å². The van der Waals surface area contributed by atoms with Gasteiger partial charge in [-0.3, -0.25) is 9.59 Å². The summed E-state index contributed by atoms with van der Waals surface area (Å²) in [6.07, 6.45) is 3.12. The zero-order valence-corrected chi connectivity index (χ0v) is 21.6. The van der Waals surface area contributed by atoms with E-state index in [9.17, 15) is 9.59 Å². The Bertz CT molecular complexity index is 993. The molecule has 0 aliphatic carbocycles. The Labute approximate surface area is 205 Å². The van der Waals surface area contributed by atoms with E-state index in [0.717, 1.165) is 54.8 Å². The molecule has 0 N–H and O–H groups in total. The van der Waals surface area contributed by atoms with Gasteiger partial charge < -0.3 is 14.5 Å². The number of carbonyl (C=O) groups is 2. The standard InChI is InChI=1S/C29H40N2O3/c1-20(2)16-28(32)30(5)27(19-23-8-7-9-25(18-23)34-6)24-12-14-31(15-13-24)29(33)26-17-21(3)10-11-22(26)4/h7-11,17-18,20,24,27H,12-16,19H2,1-6H3/t27-/m0/s1. The van der Waals surface area contributed by atoms with Crippen LogP contribution in [0.5, 0.6) is 5.75 Å². The van der Waals surface area contributed by atoms with Gasteiger partial charge in [0, 0.05) is 38.2 Å². The number of benzene rings is 2. The third-order valence-electron chi connectivity index (χ3n) is 7.05. The summed E-state index contributed by atoms with van der Waals surface area (Å²) >= 11 is 0. The molecule has 0 radical (unpaired) electrons. The van der Waals surface area contributed by atoms with Crippen molar-refractivity contribution in [3.8, 4) is 5.75 Å². The topological polar surface area (TPSA) is 49.9 Å². The highest BCUT2D eigenvalue weighted by molar-refractivity contribution is 5.95. The van der Waals surface area contributed by atoms with Gasteiger partial charge in [0.2, 0.25) is 5.91 Å². The van der Waals surface area contributed by atoms with E-state index in [1.807, 2.05) is 61.0 Å². The third kappa shape index (κ3) is 6.40. The molecule has 2 aromatic carbocycles. The van der Waals surface area contributed by atoms with E-state index in [2.05, 4.69) is 26.0 Å². The fraction of sp³-hybridized carbons (Fsp3) is 0.517. The molecule has 34 heavy (non-hydrogen) atoms. The second kappa shape index (κ2) is 11.5. The molecule has 3 rings (SSSR count). The predicted molar refractivity (Wildman–Crippen MR) is 137 cm³/mol. The van der Waals surface area contributed by atoms with Gasteiger partial charge in [-0.05, 0) is 74.3 Å². The first-order valence-electron chi connectivity index (χ1n) is 12.4. The van der Waals surface area contributed by atoms with Gasteiger partial charge in [0.05, 0.1) is 7.11 Å². The van der Waals surface area contributed by atoms with Crippen molar-refractivity contribution in [3.05, 3.63) is 64.7 Å². The molecule has 1 atom stereocenters. The maximum atomic E-state index is 13.2. The minimum Gasteiger partial charge on any atom is -0.497 e. The van der Waals surface area contributed by atoms with Crippen LogP contribution in [-0.2, 0) is 11.2 Å². The van der Waals surface area contributed by atoms with Crippen molar-refractivity contribution in [1.82, 2.24) is 9.80 Å². The summed E-state index contributed by atoms with van der Waals surface area (Å²) in [5.74, 6) is 1.81. The number of likely N-dealkylation sites (tertiary alicyclic amines) is 1. The van der Waals surface area contributed by atoms with Crippen molar-refractivity contribution in [1.29, 1.82) is 0 Å². The molecule has 2 aromatic rings. The molecule has 1 fully saturated rings. The number of aryl methyl sites for hydroxylation is 2. The molecule has 1 saturated heterocycles. The minimum atomic E-state index is 0.0938. The lowest BCUT2D eigenvalue weighted by Crippen LogP contribution is -2.48. The Morgan fingerprint density at radius 2 is 1.79 bits per heavy atom. The average Bonchev–Trinajstić information content (AvgIpc) is 2.83. The van der Waals surface area contributed by atoms with E-state index in [-0.39, 0.29) is 17.9 Å². The van der Waals surface area contributed by atoms with Crippen LogP contribution in [-0.4, -0.2) is 54.9 Å². The Balaban J connectivity index is 1.75. The van der Waals surface area contributed by atoms with Gasteiger partial charge in [-0.1, -0.05) is 43.7 Å². The lowest BCUT2D eigenvalue weighted by Gasteiger charge is -2.40. The molecule has 0 bridgehead atoms. The molecule has 0 aromatic heterocycles. The van der Waals surface area contributed by atoms with E-state index in [1.54, 1.807) is 7.11 Å². The SMILES string of the molecule is COc1cccc(C[C@@H](C2CCN(C(=O)c3cc(C)ccc3C)CC2)N(C)C(=O)CC(C)C)c1. The molecular formula is C29H40N2O3. The summed E-state index contributed by atoms with van der Waals surface area (Å²) in [6.45, 7) is 9.63. The molecule has 0 unspecified atom stereocenters. The van der Waals surface area contributed by atoms with Crippen LogP contribution in [0.3, 0.4) is 0 Å². The van der Waals surface area contributed by atoms with E-state index < -0.39 is 0 Å². The van der Waals surface area contributed by atoms with Gasteiger partial charge in [0.15, 0.2) is 0 Å². The monoisotopic (exact) mass is 464 g/mol. The molecule has 5 nitrogen and oxygen atoms in total. The highest BCUT2D eigenvalue weighted by Gasteiger charge is 2.33. The van der Waals surface area contributed by atoms with Gasteiger partial charge >= 0.3 is 0 Å². The summed E-state index contributed by atoms with van der Waals surface area (Å²) in [7, 11) is 3.63. The van der Waals surface area contributed by atoms with Crippen LogP contribution < -0.4 is 4.74 Å². The van der Waals surface area contributed by atoms with Gasteiger partial charge in [0.1, 0.15) is 5.75 Å². The van der Waals surface area contributed by atoms with E-state index in [4.69, 9.17) is 4.74 Å². The first kappa shape index (κ1) is 25.8. The third-order valence-corrected chi connectivity index (χ3v) is 7.05. The Hall–Kier alpha value is -2.82. The van der Waals surface area contributed by atoms with Crippen LogP contribution in [0, 0.1) is 25.7 Å². The molecule has 184 valence electrons. The smallest absolute Gasteiger partial charge is 0.254 e. The number of carbonyl (C=O) groups excluding carboxylic acids is 2. The van der Waals surface area contributed by atoms with Crippen LogP contribution in [0.2, 0.25) is 0 Å². The minimum absolute atomic E-state index is 0.0938. The molecule has 2 amide bonds. The number of methoxy groups -OCH3 is 1. The Kier molecular flexibility index (Phi) is 8.76. The maximum Gasteiger partial charge on any atom is 0.254 e. The van der Waals surface area contributed by atoms with Gasteiger partial charge in [0.25, 0.3) is 5.91 Å². The number of hydrogen-bond donors (Lipinski definition) is 0. The predicted octanol–water partition coefficient (Wildman–Crippen LogP) is 5.28. The molecular weight excluding hydrogens is 424 g/mol. The quantitative estimate of drug-likeness (QED) is 0.534. The number of nitrogens with zero attached hydrogens (tertiary/aromatic N) is 2. The van der Waals surface area contributed by atoms with Crippen molar-refractivity contribution in [3.63, 3.8) is 0 Å². The number of likely N-dealkylation sites (N-methyl/N-ethyl adjacent to an activating group) is 1. The number of amides is 2. The highest BCUT2D eigenvalue weighted by Crippen LogP contribution is 2.29. The first-order valence-corrected chi connectivity index (χ1v) is 12.4. The lowest BCUT2D eigenvalue weighted by molar-refractivity contribution is -0.134. The molecule has 0 saturated carbocycles. The lowest BCUT2D eigenvalue weighted by atomic mass is 9.84. The van der Waals surface area contributed by atoms with Crippen LogP contribution in [0.25, 0.3) is 0 Å². The number of ether oxygens (including phenoxy) is 1. The summed E-state index contributed by atoms with van der Waals surface area (Å²) < 4.78 is 5.42. The largest absolute Gasteiger partial charge is 0.497 e. The fourth-order valence-corrected chi connectivity index (χ4v) is 4.96. The molecule has 0 spiro atoms. The maximum absolute atomic E-state index is 13.2. The van der Waals surface area contributed by atoms with Crippen molar-refractivity contribution in [2.24, 2.45) is 11.8 Å². The van der Waals surface area contributed by atoms with Crippen molar-refractivity contribution >= 4 is 11.8 Å². The summed E-state index contributed by atoms with van der Waals surface area (Å²) in [4.78, 5) is 30.2. The highest BCUT2D eigenvalue weighted by atomic mass is 16.5. The number of piperidine rings is 1. The normalized spacial score (nSPS) is 15.3. The molecule has 1 heterocycles. The van der Waals surface area contributed by atoms with Gasteiger partial charge in [-0.2, -0.15) is 0 Å². The van der Waals surface area contributed by atoms with E-state index in [1.165, 1.54) is 5.56 Å². The average molecular weight is 465 g/mol. The summed E-state index contributed by atoms with van der Waals surface area (Å²) in [5.41, 5.74) is 4.10. The van der Waals surface area contributed by atoms with E-state index >= 15 is 0 Å². The van der Waals surface area contributed by atoms with Crippen LogP contribution >= 0.6 is 0 Å². The summed E-state index contributed by atoms with van der Waals surface area (Å²) in [5, 5.41) is 0. The molecule has 5 heteroatoms. The zero-order chi connectivity index (χ0) is 24.8. The number of rotatable bonds is 8. The van der Waals surface area contributed by atoms with E-state index in [0.29, 0.717) is 18.3 Å². The second-order valence-corrected chi connectivity index (χ2v) is 10.2. The fourth-order valence-electron chi connectivity index (χ4n) is 4.96.